The topological polar surface area (TPSA) is 100 Å². The predicted octanol–water partition coefficient (Wildman–Crippen LogP) is 2.82. The zero-order valence-electron chi connectivity index (χ0n) is 19.4. The number of carbonyl (C=O) groups is 1. The number of imidazole rings is 1. The Labute approximate surface area is 198 Å². The number of likely N-dealkylation sites (N-methyl/N-ethyl adjacent to an activating group) is 1. The van der Waals surface area contributed by atoms with Crippen LogP contribution in [0.2, 0.25) is 0 Å². The van der Waals surface area contributed by atoms with E-state index < -0.39 is 0 Å². The van der Waals surface area contributed by atoms with Gasteiger partial charge in [-0.2, -0.15) is 0 Å². The van der Waals surface area contributed by atoms with Crippen LogP contribution < -0.4 is 16.0 Å². The van der Waals surface area contributed by atoms with Gasteiger partial charge in [0.15, 0.2) is 0 Å². The molecule has 1 aliphatic rings. The number of amides is 1. The standard InChI is InChI=1S/C25H28N8O/c1-32(2)9-8-28-22-12-18(5-6-27-22)25(34)31-23-13-20-11-17(3-4-19(20)14-29-23)21-15-30-24-16-26-7-10-33(21)24/h3-6,11-15,26H,7-10,16H2,1-2H3,(H,27,28)(H,29,31,34). The van der Waals surface area contributed by atoms with E-state index in [0.717, 1.165) is 60.6 Å². The second-order valence-electron chi connectivity index (χ2n) is 8.63. The summed E-state index contributed by atoms with van der Waals surface area (Å²) < 4.78 is 2.26. The van der Waals surface area contributed by atoms with Crippen LogP contribution in [0, 0.1) is 0 Å². The van der Waals surface area contributed by atoms with Crippen molar-refractivity contribution >= 4 is 28.3 Å². The summed E-state index contributed by atoms with van der Waals surface area (Å²) in [7, 11) is 4.03. The van der Waals surface area contributed by atoms with Crippen LogP contribution in [0.25, 0.3) is 22.0 Å². The molecule has 174 valence electrons. The van der Waals surface area contributed by atoms with Crippen LogP contribution in [-0.2, 0) is 13.1 Å². The van der Waals surface area contributed by atoms with E-state index in [1.54, 1.807) is 24.5 Å². The fraction of sp³-hybridized carbons (Fsp3) is 0.280. The van der Waals surface area contributed by atoms with E-state index in [1.807, 2.05) is 26.4 Å². The third-order valence-electron chi connectivity index (χ3n) is 5.88. The number of hydrogen-bond acceptors (Lipinski definition) is 7. The normalized spacial score (nSPS) is 13.1. The van der Waals surface area contributed by atoms with Crippen molar-refractivity contribution in [1.29, 1.82) is 0 Å². The van der Waals surface area contributed by atoms with Gasteiger partial charge in [-0.1, -0.05) is 12.1 Å². The summed E-state index contributed by atoms with van der Waals surface area (Å²) in [5, 5.41) is 11.5. The smallest absolute Gasteiger partial charge is 0.257 e. The quantitative estimate of drug-likeness (QED) is 0.393. The number of aromatic nitrogens is 4. The SMILES string of the molecule is CN(C)CCNc1cc(C(=O)Nc2cc3cc(-c4cnc5n4CCNC5)ccc3cn2)ccn1. The van der Waals surface area contributed by atoms with Crippen molar-refractivity contribution in [2.45, 2.75) is 13.1 Å². The minimum absolute atomic E-state index is 0.224. The van der Waals surface area contributed by atoms with E-state index >= 15 is 0 Å². The summed E-state index contributed by atoms with van der Waals surface area (Å²) in [4.78, 5) is 28.2. The lowest BCUT2D eigenvalue weighted by Gasteiger charge is -2.17. The van der Waals surface area contributed by atoms with Gasteiger partial charge in [-0.05, 0) is 43.7 Å². The molecule has 4 heterocycles. The first-order chi connectivity index (χ1) is 16.6. The maximum Gasteiger partial charge on any atom is 0.257 e. The number of hydrogen-bond donors (Lipinski definition) is 3. The molecule has 0 fully saturated rings. The summed E-state index contributed by atoms with van der Waals surface area (Å²) in [5.74, 6) is 2.01. The lowest BCUT2D eigenvalue weighted by atomic mass is 10.1. The molecule has 9 nitrogen and oxygen atoms in total. The fourth-order valence-corrected chi connectivity index (χ4v) is 4.06. The molecule has 1 aliphatic heterocycles. The lowest BCUT2D eigenvalue weighted by Crippen LogP contribution is -2.28. The molecule has 0 spiro atoms. The molecule has 1 amide bonds. The molecular formula is C25H28N8O. The Balaban J connectivity index is 1.34. The summed E-state index contributed by atoms with van der Waals surface area (Å²) in [5.41, 5.74) is 2.73. The molecule has 0 bridgehead atoms. The van der Waals surface area contributed by atoms with Crippen molar-refractivity contribution in [3.63, 3.8) is 0 Å². The highest BCUT2D eigenvalue weighted by atomic mass is 16.1. The maximum absolute atomic E-state index is 12.9. The monoisotopic (exact) mass is 456 g/mol. The molecule has 4 aromatic rings. The summed E-state index contributed by atoms with van der Waals surface area (Å²) >= 11 is 0. The zero-order valence-corrected chi connectivity index (χ0v) is 19.4. The van der Waals surface area contributed by atoms with E-state index in [4.69, 9.17) is 0 Å². The highest BCUT2D eigenvalue weighted by molar-refractivity contribution is 6.05. The van der Waals surface area contributed by atoms with Crippen LogP contribution in [0.5, 0.6) is 0 Å². The molecule has 0 atom stereocenters. The highest BCUT2D eigenvalue weighted by Gasteiger charge is 2.15. The van der Waals surface area contributed by atoms with Gasteiger partial charge in [0.05, 0.1) is 18.4 Å². The Bertz CT molecular complexity index is 1330. The van der Waals surface area contributed by atoms with Crippen molar-refractivity contribution in [3.8, 4) is 11.3 Å². The van der Waals surface area contributed by atoms with Crippen molar-refractivity contribution in [1.82, 2.24) is 29.7 Å². The molecule has 3 N–H and O–H groups in total. The minimum Gasteiger partial charge on any atom is -0.369 e. The lowest BCUT2D eigenvalue weighted by molar-refractivity contribution is 0.102. The van der Waals surface area contributed by atoms with Crippen LogP contribution in [0.4, 0.5) is 11.6 Å². The largest absolute Gasteiger partial charge is 0.369 e. The second kappa shape index (κ2) is 9.58. The van der Waals surface area contributed by atoms with Gasteiger partial charge in [-0.25, -0.2) is 15.0 Å². The molecule has 0 saturated carbocycles. The van der Waals surface area contributed by atoms with Crippen LogP contribution >= 0.6 is 0 Å². The van der Waals surface area contributed by atoms with Gasteiger partial charge in [0.1, 0.15) is 17.5 Å². The summed E-state index contributed by atoms with van der Waals surface area (Å²) in [6.07, 6.45) is 5.35. The van der Waals surface area contributed by atoms with Crippen LogP contribution in [-0.4, -0.2) is 64.1 Å². The Hall–Kier alpha value is -3.82. The highest BCUT2D eigenvalue weighted by Crippen LogP contribution is 2.27. The molecule has 3 aromatic heterocycles. The van der Waals surface area contributed by atoms with Gasteiger partial charge in [-0.3, -0.25) is 4.79 Å². The number of pyridine rings is 2. The van der Waals surface area contributed by atoms with Crippen LogP contribution in [0.1, 0.15) is 16.2 Å². The van der Waals surface area contributed by atoms with Gasteiger partial charge in [0.25, 0.3) is 5.91 Å². The van der Waals surface area contributed by atoms with E-state index in [0.29, 0.717) is 17.2 Å². The number of nitrogens with one attached hydrogen (secondary N) is 3. The molecule has 0 saturated heterocycles. The van der Waals surface area contributed by atoms with Gasteiger partial charge in [-0.15, -0.1) is 0 Å². The average Bonchev–Trinajstić information content (AvgIpc) is 3.28. The molecular weight excluding hydrogens is 428 g/mol. The van der Waals surface area contributed by atoms with Gasteiger partial charge >= 0.3 is 0 Å². The number of carbonyl (C=O) groups excluding carboxylic acids is 1. The second-order valence-corrected chi connectivity index (χ2v) is 8.63. The molecule has 5 rings (SSSR count). The number of rotatable bonds is 7. The number of anilines is 2. The Morgan fingerprint density at radius 2 is 1.97 bits per heavy atom. The van der Waals surface area contributed by atoms with E-state index in [9.17, 15) is 4.79 Å². The van der Waals surface area contributed by atoms with Crippen LogP contribution in [0.15, 0.2) is 55.0 Å². The van der Waals surface area contributed by atoms with Gasteiger partial charge < -0.3 is 25.4 Å². The number of benzene rings is 1. The molecule has 1 aromatic carbocycles. The first-order valence-electron chi connectivity index (χ1n) is 11.4. The first-order valence-corrected chi connectivity index (χ1v) is 11.4. The predicted molar refractivity (Wildman–Crippen MR) is 134 cm³/mol. The van der Waals surface area contributed by atoms with Crippen LogP contribution in [0.3, 0.4) is 0 Å². The number of nitrogens with zero attached hydrogens (tertiary/aromatic N) is 5. The van der Waals surface area contributed by atoms with Crippen molar-refractivity contribution in [2.75, 3.05) is 44.4 Å². The van der Waals surface area contributed by atoms with Gasteiger partial charge in [0, 0.05) is 55.1 Å². The molecule has 9 heteroatoms. The molecule has 0 unspecified atom stereocenters. The Kier molecular flexibility index (Phi) is 6.20. The van der Waals surface area contributed by atoms with E-state index in [-0.39, 0.29) is 5.91 Å². The third-order valence-corrected chi connectivity index (χ3v) is 5.88. The average molecular weight is 457 g/mol. The Morgan fingerprint density at radius 1 is 1.06 bits per heavy atom. The molecule has 0 aliphatic carbocycles. The molecule has 0 radical (unpaired) electrons. The Morgan fingerprint density at radius 3 is 2.85 bits per heavy atom. The first kappa shape index (κ1) is 22.0. The zero-order chi connectivity index (χ0) is 23.5. The number of fused-ring (bicyclic) bond motifs is 2. The maximum atomic E-state index is 12.9. The fourth-order valence-electron chi connectivity index (χ4n) is 4.06. The van der Waals surface area contributed by atoms with Crippen molar-refractivity contribution in [3.05, 3.63) is 66.4 Å². The van der Waals surface area contributed by atoms with Crippen molar-refractivity contribution < 1.29 is 4.79 Å². The van der Waals surface area contributed by atoms with E-state index in [1.165, 1.54) is 0 Å². The van der Waals surface area contributed by atoms with E-state index in [2.05, 4.69) is 58.6 Å². The summed E-state index contributed by atoms with van der Waals surface area (Å²) in [6, 6.07) is 11.6. The van der Waals surface area contributed by atoms with Crippen molar-refractivity contribution in [2.24, 2.45) is 0 Å². The molecule has 34 heavy (non-hydrogen) atoms. The van der Waals surface area contributed by atoms with Gasteiger partial charge in [0.2, 0.25) is 0 Å². The summed E-state index contributed by atoms with van der Waals surface area (Å²) in [6.45, 7) is 4.25. The minimum atomic E-state index is -0.224. The third kappa shape index (κ3) is 4.75.